The Kier molecular flexibility index (Phi) is 3.93. The van der Waals surface area contributed by atoms with Crippen LogP contribution in [-0.4, -0.2) is 9.97 Å². The fourth-order valence-electron chi connectivity index (χ4n) is 1.57. The maximum Gasteiger partial charge on any atom is 0.416 e. The highest BCUT2D eigenvalue weighted by molar-refractivity contribution is 5.38. The number of ether oxygens (including phenoxy) is 1. The molecule has 0 saturated carbocycles. The van der Waals surface area contributed by atoms with Crippen LogP contribution in [0.15, 0.2) is 30.6 Å². The third-order valence-electron chi connectivity index (χ3n) is 2.50. The number of alkyl halides is 3. The maximum absolute atomic E-state index is 12.7. The largest absolute Gasteiger partial charge is 0.486 e. The van der Waals surface area contributed by atoms with E-state index in [0.29, 0.717) is 0 Å². The molecule has 0 amide bonds. The first-order valence-corrected chi connectivity index (χ1v) is 5.70. The third-order valence-corrected chi connectivity index (χ3v) is 2.50. The van der Waals surface area contributed by atoms with Gasteiger partial charge in [0.25, 0.3) is 0 Å². The Bertz CT molecular complexity index is 677. The summed E-state index contributed by atoms with van der Waals surface area (Å²) >= 11 is 0. The second-order valence-corrected chi connectivity index (χ2v) is 4.09. The van der Waals surface area contributed by atoms with Gasteiger partial charge in [-0.1, -0.05) is 0 Å². The lowest BCUT2D eigenvalue weighted by molar-refractivity contribution is -0.137. The van der Waals surface area contributed by atoms with Gasteiger partial charge in [0, 0.05) is 0 Å². The number of nitrogen functional groups attached to an aromatic ring is 1. The molecule has 108 valence electrons. The molecule has 21 heavy (non-hydrogen) atoms. The first-order valence-electron chi connectivity index (χ1n) is 5.70. The first kappa shape index (κ1) is 14.6. The van der Waals surface area contributed by atoms with Crippen molar-refractivity contribution < 1.29 is 17.9 Å². The Morgan fingerprint density at radius 2 is 1.86 bits per heavy atom. The second-order valence-electron chi connectivity index (χ2n) is 4.09. The lowest BCUT2D eigenvalue weighted by atomic mass is 10.1. The summed E-state index contributed by atoms with van der Waals surface area (Å²) < 4.78 is 43.4. The van der Waals surface area contributed by atoms with E-state index in [9.17, 15) is 13.2 Å². The van der Waals surface area contributed by atoms with Crippen molar-refractivity contribution in [3.05, 3.63) is 47.3 Å². The van der Waals surface area contributed by atoms with Crippen molar-refractivity contribution in [2.24, 2.45) is 0 Å². The van der Waals surface area contributed by atoms with Gasteiger partial charge in [0.05, 0.1) is 29.6 Å². The molecule has 0 aliphatic rings. The van der Waals surface area contributed by atoms with Crippen molar-refractivity contribution in [1.29, 1.82) is 5.26 Å². The number of aromatic nitrogens is 2. The highest BCUT2D eigenvalue weighted by Gasteiger charge is 2.31. The van der Waals surface area contributed by atoms with Gasteiger partial charge >= 0.3 is 6.18 Å². The monoisotopic (exact) mass is 294 g/mol. The van der Waals surface area contributed by atoms with Gasteiger partial charge in [-0.25, -0.2) is 9.97 Å². The molecular formula is C13H9F3N4O. The molecule has 0 aliphatic carbocycles. The van der Waals surface area contributed by atoms with Gasteiger partial charge < -0.3 is 10.5 Å². The van der Waals surface area contributed by atoms with E-state index in [1.807, 2.05) is 0 Å². The van der Waals surface area contributed by atoms with E-state index in [1.165, 1.54) is 18.5 Å². The molecular weight excluding hydrogens is 285 g/mol. The number of nitriles is 1. The average Bonchev–Trinajstić information content (AvgIpc) is 2.45. The van der Waals surface area contributed by atoms with Crippen LogP contribution < -0.4 is 10.5 Å². The first-order chi connectivity index (χ1) is 9.88. The van der Waals surface area contributed by atoms with Crippen LogP contribution in [0.1, 0.15) is 16.7 Å². The number of benzene rings is 1. The second kappa shape index (κ2) is 5.66. The lowest BCUT2D eigenvalue weighted by Gasteiger charge is -2.10. The molecule has 0 unspecified atom stereocenters. The van der Waals surface area contributed by atoms with Crippen LogP contribution in [0.3, 0.4) is 0 Å². The summed E-state index contributed by atoms with van der Waals surface area (Å²) in [4.78, 5) is 7.38. The number of hydrogen-bond acceptors (Lipinski definition) is 5. The predicted molar refractivity (Wildman–Crippen MR) is 66.9 cm³/mol. The number of nitrogens with two attached hydrogens (primary N) is 1. The molecule has 1 heterocycles. The molecule has 2 rings (SSSR count). The molecule has 0 fully saturated rings. The van der Waals surface area contributed by atoms with Crippen molar-refractivity contribution in [2.45, 2.75) is 12.8 Å². The molecule has 1 aromatic carbocycles. The Morgan fingerprint density at radius 3 is 2.43 bits per heavy atom. The van der Waals surface area contributed by atoms with Crippen molar-refractivity contribution in [3.8, 4) is 11.8 Å². The third kappa shape index (κ3) is 3.82. The number of halogens is 3. The molecule has 0 radical (unpaired) electrons. The maximum atomic E-state index is 12.7. The van der Waals surface area contributed by atoms with Gasteiger partial charge in [0.15, 0.2) is 5.75 Å². The zero-order chi connectivity index (χ0) is 15.5. The Morgan fingerprint density at radius 1 is 1.19 bits per heavy atom. The van der Waals surface area contributed by atoms with Gasteiger partial charge in [-0.15, -0.1) is 0 Å². The summed E-state index contributed by atoms with van der Waals surface area (Å²) in [6.07, 6.45) is -1.91. The number of rotatable bonds is 3. The molecule has 0 atom stereocenters. The Balaban J connectivity index is 2.20. The molecule has 5 nitrogen and oxygen atoms in total. The fraction of sp³-hybridized carbons (Fsp3) is 0.154. The van der Waals surface area contributed by atoms with Crippen LogP contribution in [0, 0.1) is 11.3 Å². The van der Waals surface area contributed by atoms with E-state index in [1.54, 1.807) is 6.07 Å². The molecule has 0 bridgehead atoms. The van der Waals surface area contributed by atoms with Crippen LogP contribution in [0.4, 0.5) is 19.1 Å². The SMILES string of the molecule is N#Cc1cc(COc2cnc(N)nc2)cc(C(F)(F)F)c1. The summed E-state index contributed by atoms with van der Waals surface area (Å²) in [5, 5.41) is 8.78. The quantitative estimate of drug-likeness (QED) is 0.940. The summed E-state index contributed by atoms with van der Waals surface area (Å²) in [6, 6.07) is 4.73. The minimum Gasteiger partial charge on any atom is -0.486 e. The normalized spacial score (nSPS) is 11.0. The smallest absolute Gasteiger partial charge is 0.416 e. The van der Waals surface area contributed by atoms with Crippen LogP contribution in [0.2, 0.25) is 0 Å². The molecule has 0 aliphatic heterocycles. The summed E-state index contributed by atoms with van der Waals surface area (Å²) in [6.45, 7) is -0.147. The van der Waals surface area contributed by atoms with Crippen LogP contribution >= 0.6 is 0 Å². The van der Waals surface area contributed by atoms with Gasteiger partial charge in [-0.05, 0) is 23.8 Å². The lowest BCUT2D eigenvalue weighted by Crippen LogP contribution is -2.07. The van der Waals surface area contributed by atoms with E-state index < -0.39 is 11.7 Å². The van der Waals surface area contributed by atoms with Crippen LogP contribution in [0.5, 0.6) is 5.75 Å². The number of anilines is 1. The minimum atomic E-state index is -4.52. The Hall–Kier alpha value is -2.82. The zero-order valence-electron chi connectivity index (χ0n) is 10.6. The summed E-state index contributed by atoms with van der Waals surface area (Å²) in [7, 11) is 0. The molecule has 2 N–H and O–H groups in total. The van der Waals surface area contributed by atoms with Crippen molar-refractivity contribution >= 4 is 5.95 Å². The molecule has 0 saturated heterocycles. The summed E-state index contributed by atoms with van der Waals surface area (Å²) in [5.74, 6) is 0.327. The van der Waals surface area contributed by atoms with Crippen molar-refractivity contribution in [3.63, 3.8) is 0 Å². The van der Waals surface area contributed by atoms with Gasteiger partial charge in [-0.3, -0.25) is 0 Å². The standard InChI is InChI=1S/C13H9F3N4O/c14-13(15,16)10-2-8(4-17)1-9(3-10)7-21-11-5-19-12(18)20-6-11/h1-3,5-6H,7H2,(H2,18,19,20). The fourth-order valence-corrected chi connectivity index (χ4v) is 1.57. The van der Waals surface area contributed by atoms with Crippen molar-refractivity contribution in [1.82, 2.24) is 9.97 Å². The summed E-state index contributed by atoms with van der Waals surface area (Å²) in [5.41, 5.74) is 4.54. The van der Waals surface area contributed by atoms with Crippen LogP contribution in [0.25, 0.3) is 0 Å². The van der Waals surface area contributed by atoms with Crippen LogP contribution in [-0.2, 0) is 12.8 Å². The minimum absolute atomic E-state index is 0.0631. The molecule has 1 aromatic heterocycles. The van der Waals surface area contributed by atoms with E-state index in [0.717, 1.165) is 12.1 Å². The van der Waals surface area contributed by atoms with Gasteiger partial charge in [0.1, 0.15) is 6.61 Å². The van der Waals surface area contributed by atoms with E-state index >= 15 is 0 Å². The van der Waals surface area contributed by atoms with E-state index in [2.05, 4.69) is 9.97 Å². The molecule has 8 heteroatoms. The van der Waals surface area contributed by atoms with Crippen molar-refractivity contribution in [2.75, 3.05) is 5.73 Å². The predicted octanol–water partition coefficient (Wildman–Crippen LogP) is 2.53. The topological polar surface area (TPSA) is 84.8 Å². The molecule has 2 aromatic rings. The molecule has 0 spiro atoms. The number of nitrogens with zero attached hydrogens (tertiary/aromatic N) is 3. The zero-order valence-corrected chi connectivity index (χ0v) is 10.6. The highest BCUT2D eigenvalue weighted by Crippen LogP contribution is 2.30. The van der Waals surface area contributed by atoms with E-state index in [4.69, 9.17) is 15.7 Å². The average molecular weight is 294 g/mol. The number of hydrogen-bond donors (Lipinski definition) is 1. The van der Waals surface area contributed by atoms with E-state index in [-0.39, 0.29) is 29.4 Å². The van der Waals surface area contributed by atoms with Gasteiger partial charge in [-0.2, -0.15) is 18.4 Å². The Labute approximate surface area is 117 Å². The highest BCUT2D eigenvalue weighted by atomic mass is 19.4. The van der Waals surface area contributed by atoms with Gasteiger partial charge in [0.2, 0.25) is 5.95 Å².